The summed E-state index contributed by atoms with van der Waals surface area (Å²) in [6.45, 7) is 5.76. The normalized spacial score (nSPS) is 11.9. The number of rotatable bonds is 7. The lowest BCUT2D eigenvalue weighted by molar-refractivity contribution is -0.384. The van der Waals surface area contributed by atoms with E-state index < -0.39 is 4.92 Å². The number of ether oxygens (including phenoxy) is 1. The SMILES string of the molecule is CCN(Cc1cc([N+](=O)[O-])ccc1OC)CC(C)C#N. The zero-order valence-corrected chi connectivity index (χ0v) is 12.0. The van der Waals surface area contributed by atoms with Crippen molar-refractivity contribution in [3.63, 3.8) is 0 Å². The fourth-order valence-corrected chi connectivity index (χ4v) is 1.98. The molecule has 0 aromatic heterocycles. The van der Waals surface area contributed by atoms with Crippen molar-refractivity contribution in [1.29, 1.82) is 5.26 Å². The predicted octanol–water partition coefficient (Wildman–Crippen LogP) is 2.58. The summed E-state index contributed by atoms with van der Waals surface area (Å²) in [5.74, 6) is 0.540. The quantitative estimate of drug-likeness (QED) is 0.565. The molecule has 0 bridgehead atoms. The van der Waals surface area contributed by atoms with Crippen molar-refractivity contribution in [1.82, 2.24) is 4.90 Å². The number of methoxy groups -OCH3 is 1. The highest BCUT2D eigenvalue weighted by Gasteiger charge is 2.15. The van der Waals surface area contributed by atoms with Crippen molar-refractivity contribution in [2.75, 3.05) is 20.2 Å². The van der Waals surface area contributed by atoms with Gasteiger partial charge in [-0.1, -0.05) is 6.92 Å². The van der Waals surface area contributed by atoms with Crippen LogP contribution in [0.1, 0.15) is 19.4 Å². The first-order valence-electron chi connectivity index (χ1n) is 6.45. The minimum absolute atomic E-state index is 0.0465. The molecule has 1 aromatic carbocycles. The van der Waals surface area contributed by atoms with Gasteiger partial charge in [0.05, 0.1) is 24.0 Å². The summed E-state index contributed by atoms with van der Waals surface area (Å²) in [5, 5.41) is 19.7. The van der Waals surface area contributed by atoms with Crippen LogP contribution in [0.4, 0.5) is 5.69 Å². The third-order valence-corrected chi connectivity index (χ3v) is 3.07. The van der Waals surface area contributed by atoms with Gasteiger partial charge in [0.15, 0.2) is 0 Å². The Morgan fingerprint density at radius 2 is 2.25 bits per heavy atom. The maximum absolute atomic E-state index is 10.8. The second-order valence-electron chi connectivity index (χ2n) is 4.61. The van der Waals surface area contributed by atoms with Crippen molar-refractivity contribution in [2.45, 2.75) is 20.4 Å². The number of hydrogen-bond donors (Lipinski definition) is 0. The summed E-state index contributed by atoms with van der Waals surface area (Å²) in [4.78, 5) is 12.5. The Morgan fingerprint density at radius 1 is 1.55 bits per heavy atom. The van der Waals surface area contributed by atoms with Gasteiger partial charge >= 0.3 is 0 Å². The first-order valence-corrected chi connectivity index (χ1v) is 6.45. The topological polar surface area (TPSA) is 79.4 Å². The van der Waals surface area contributed by atoms with Crippen molar-refractivity contribution in [3.8, 4) is 11.8 Å². The van der Waals surface area contributed by atoms with Gasteiger partial charge in [0.25, 0.3) is 5.69 Å². The molecule has 0 N–H and O–H groups in total. The van der Waals surface area contributed by atoms with Crippen LogP contribution in [0.2, 0.25) is 0 Å². The summed E-state index contributed by atoms with van der Waals surface area (Å²) < 4.78 is 5.24. The first kappa shape index (κ1) is 15.9. The van der Waals surface area contributed by atoms with Crippen LogP contribution in [0.15, 0.2) is 18.2 Å². The molecule has 0 saturated heterocycles. The Labute approximate surface area is 118 Å². The Kier molecular flexibility index (Phi) is 5.94. The Balaban J connectivity index is 2.95. The van der Waals surface area contributed by atoms with Gasteiger partial charge in [0.2, 0.25) is 0 Å². The van der Waals surface area contributed by atoms with Gasteiger partial charge in [-0.2, -0.15) is 5.26 Å². The Hall–Kier alpha value is -2.13. The van der Waals surface area contributed by atoms with E-state index >= 15 is 0 Å². The van der Waals surface area contributed by atoms with Crippen LogP contribution >= 0.6 is 0 Å². The van der Waals surface area contributed by atoms with E-state index in [9.17, 15) is 10.1 Å². The first-order chi connectivity index (χ1) is 9.51. The summed E-state index contributed by atoms with van der Waals surface area (Å²) in [6.07, 6.45) is 0. The molecule has 0 fully saturated rings. The van der Waals surface area contributed by atoms with Gasteiger partial charge in [-0.05, 0) is 19.5 Å². The lowest BCUT2D eigenvalue weighted by atomic mass is 10.1. The largest absolute Gasteiger partial charge is 0.496 e. The highest BCUT2D eigenvalue weighted by atomic mass is 16.6. The molecule has 0 saturated carbocycles. The van der Waals surface area contributed by atoms with Gasteiger partial charge in [-0.25, -0.2) is 0 Å². The highest BCUT2D eigenvalue weighted by Crippen LogP contribution is 2.25. The smallest absolute Gasteiger partial charge is 0.270 e. The van der Waals surface area contributed by atoms with E-state index in [-0.39, 0.29) is 11.6 Å². The van der Waals surface area contributed by atoms with E-state index in [1.54, 1.807) is 13.2 Å². The molecule has 0 aliphatic rings. The van der Waals surface area contributed by atoms with E-state index in [0.717, 1.165) is 12.1 Å². The lowest BCUT2D eigenvalue weighted by Crippen LogP contribution is -2.27. The monoisotopic (exact) mass is 277 g/mol. The molecule has 0 radical (unpaired) electrons. The zero-order valence-electron chi connectivity index (χ0n) is 12.0. The van der Waals surface area contributed by atoms with Crippen molar-refractivity contribution in [2.24, 2.45) is 5.92 Å². The number of non-ortho nitro benzene ring substituents is 1. The molecule has 1 atom stereocenters. The molecule has 20 heavy (non-hydrogen) atoms. The summed E-state index contributed by atoms with van der Waals surface area (Å²) in [7, 11) is 1.54. The molecule has 6 nitrogen and oxygen atoms in total. The third kappa shape index (κ3) is 4.21. The zero-order chi connectivity index (χ0) is 15.1. The average Bonchev–Trinajstić information content (AvgIpc) is 2.45. The number of nitro groups is 1. The van der Waals surface area contributed by atoms with E-state index in [0.29, 0.717) is 18.8 Å². The summed E-state index contributed by atoms with van der Waals surface area (Å²) in [6, 6.07) is 6.75. The van der Waals surface area contributed by atoms with Crippen LogP contribution in [-0.2, 0) is 6.54 Å². The van der Waals surface area contributed by atoms with E-state index in [1.807, 2.05) is 13.8 Å². The maximum Gasteiger partial charge on any atom is 0.270 e. The predicted molar refractivity (Wildman–Crippen MR) is 75.4 cm³/mol. The number of nitro benzene ring substituents is 1. The van der Waals surface area contributed by atoms with Crippen LogP contribution in [-0.4, -0.2) is 30.0 Å². The molecule has 6 heteroatoms. The number of benzene rings is 1. The average molecular weight is 277 g/mol. The van der Waals surface area contributed by atoms with E-state index in [4.69, 9.17) is 10.00 Å². The van der Waals surface area contributed by atoms with Crippen LogP contribution in [0.25, 0.3) is 0 Å². The van der Waals surface area contributed by atoms with Gasteiger partial charge in [-0.3, -0.25) is 15.0 Å². The van der Waals surface area contributed by atoms with Gasteiger partial charge < -0.3 is 4.74 Å². The number of hydrogen-bond acceptors (Lipinski definition) is 5. The highest BCUT2D eigenvalue weighted by molar-refractivity contribution is 5.43. The molecule has 0 spiro atoms. The van der Waals surface area contributed by atoms with E-state index in [1.165, 1.54) is 12.1 Å². The van der Waals surface area contributed by atoms with Crippen LogP contribution in [0.5, 0.6) is 5.75 Å². The molecular formula is C14H19N3O3. The van der Waals surface area contributed by atoms with Crippen LogP contribution in [0.3, 0.4) is 0 Å². The van der Waals surface area contributed by atoms with Gasteiger partial charge in [0.1, 0.15) is 5.75 Å². The molecule has 0 aliphatic carbocycles. The van der Waals surface area contributed by atoms with Crippen LogP contribution < -0.4 is 4.74 Å². The summed E-state index contributed by atoms with van der Waals surface area (Å²) in [5.41, 5.74) is 0.805. The fourth-order valence-electron chi connectivity index (χ4n) is 1.98. The minimum Gasteiger partial charge on any atom is -0.496 e. The molecular weight excluding hydrogens is 258 g/mol. The van der Waals surface area contributed by atoms with Crippen molar-refractivity contribution < 1.29 is 9.66 Å². The number of nitrogens with zero attached hydrogens (tertiary/aromatic N) is 3. The lowest BCUT2D eigenvalue weighted by Gasteiger charge is -2.22. The third-order valence-electron chi connectivity index (χ3n) is 3.07. The second kappa shape index (κ2) is 7.46. The van der Waals surface area contributed by atoms with Gasteiger partial charge in [0, 0.05) is 30.8 Å². The minimum atomic E-state index is -0.420. The molecule has 0 aliphatic heterocycles. The van der Waals surface area contributed by atoms with Crippen molar-refractivity contribution in [3.05, 3.63) is 33.9 Å². The molecule has 0 amide bonds. The van der Waals surface area contributed by atoms with Crippen LogP contribution in [0, 0.1) is 27.4 Å². The molecule has 1 aromatic rings. The number of nitriles is 1. The second-order valence-corrected chi connectivity index (χ2v) is 4.61. The maximum atomic E-state index is 10.8. The van der Waals surface area contributed by atoms with Gasteiger partial charge in [-0.15, -0.1) is 0 Å². The van der Waals surface area contributed by atoms with Crippen molar-refractivity contribution >= 4 is 5.69 Å². The standard InChI is InChI=1S/C14H19N3O3/c1-4-16(9-11(2)8-15)10-12-7-13(17(18)19)5-6-14(12)20-3/h5-7,11H,4,9-10H2,1-3H3. The molecule has 0 heterocycles. The molecule has 1 rings (SSSR count). The Bertz CT molecular complexity index is 511. The summed E-state index contributed by atoms with van der Waals surface area (Å²) >= 11 is 0. The molecule has 108 valence electrons. The molecule has 1 unspecified atom stereocenters. The fraction of sp³-hybridized carbons (Fsp3) is 0.500. The van der Waals surface area contributed by atoms with E-state index in [2.05, 4.69) is 11.0 Å². The Morgan fingerprint density at radius 3 is 2.75 bits per heavy atom.